The van der Waals surface area contributed by atoms with Gasteiger partial charge in [0.05, 0.1) is 23.7 Å². The number of aliphatic hydroxyl groups is 1. The first kappa shape index (κ1) is 23.9. The van der Waals surface area contributed by atoms with E-state index in [1.165, 1.54) is 10.7 Å². The number of hydrogen-bond acceptors (Lipinski definition) is 5. The number of aromatic nitrogens is 2. The lowest BCUT2D eigenvalue weighted by Crippen LogP contribution is -2.32. The van der Waals surface area contributed by atoms with E-state index in [4.69, 9.17) is 0 Å². The third kappa shape index (κ3) is 5.42. The molecular formula is C22H30N4O3S. The Labute approximate surface area is 181 Å². The summed E-state index contributed by atoms with van der Waals surface area (Å²) >= 11 is -1.85. The number of amides is 1. The highest BCUT2D eigenvalue weighted by Crippen LogP contribution is 2.30. The Morgan fingerprint density at radius 2 is 1.80 bits per heavy atom. The molecule has 2 rings (SSSR count). The molecule has 2 N–H and O–H groups in total. The molecule has 30 heavy (non-hydrogen) atoms. The van der Waals surface area contributed by atoms with E-state index in [1.807, 2.05) is 39.8 Å². The Kier molecular flexibility index (Phi) is 7.35. The summed E-state index contributed by atoms with van der Waals surface area (Å²) in [6.07, 6.45) is 0.0592. The number of carbonyl (C=O) groups is 1. The van der Waals surface area contributed by atoms with Crippen molar-refractivity contribution in [1.29, 1.82) is 5.26 Å². The van der Waals surface area contributed by atoms with E-state index in [0.717, 1.165) is 16.7 Å². The molecule has 1 aromatic heterocycles. The van der Waals surface area contributed by atoms with Gasteiger partial charge in [0.15, 0.2) is 0 Å². The molecule has 1 heterocycles. The minimum Gasteiger partial charge on any atom is -0.586 e. The van der Waals surface area contributed by atoms with Crippen LogP contribution in [0.3, 0.4) is 0 Å². The van der Waals surface area contributed by atoms with Gasteiger partial charge in [-0.05, 0) is 54.5 Å². The van der Waals surface area contributed by atoms with Crippen LogP contribution in [-0.2, 0) is 35.2 Å². The van der Waals surface area contributed by atoms with Crippen molar-refractivity contribution in [2.45, 2.75) is 70.4 Å². The van der Waals surface area contributed by atoms with Gasteiger partial charge in [-0.2, -0.15) is 9.98 Å². The number of nitrogens with one attached hydrogen (secondary N) is 1. The lowest BCUT2D eigenvalue weighted by molar-refractivity contribution is -0.118. The van der Waals surface area contributed by atoms with Gasteiger partial charge in [0.1, 0.15) is 17.0 Å². The number of rotatable bonds is 7. The quantitative estimate of drug-likeness (QED) is 0.655. The van der Waals surface area contributed by atoms with Gasteiger partial charge < -0.3 is 9.66 Å². The number of nitrogens with zero attached hydrogens (tertiary/aromatic N) is 3. The molecule has 2 aromatic rings. The van der Waals surface area contributed by atoms with Crippen molar-refractivity contribution in [3.63, 3.8) is 0 Å². The number of benzene rings is 1. The Bertz CT molecular complexity index is 939. The summed E-state index contributed by atoms with van der Waals surface area (Å²) in [5.74, 6) is -0.124. The van der Waals surface area contributed by atoms with Crippen molar-refractivity contribution < 1.29 is 14.5 Å². The molecule has 0 bridgehead atoms. The summed E-state index contributed by atoms with van der Waals surface area (Å²) in [6.45, 7) is 11.3. The molecule has 162 valence electrons. The maximum absolute atomic E-state index is 12.7. The van der Waals surface area contributed by atoms with E-state index in [1.54, 1.807) is 20.9 Å². The van der Waals surface area contributed by atoms with Crippen LogP contribution >= 0.6 is 0 Å². The number of carbonyl (C=O) groups excluding carboxylic acids is 1. The van der Waals surface area contributed by atoms with Gasteiger partial charge in [-0.15, -0.1) is 5.10 Å². The van der Waals surface area contributed by atoms with Crippen LogP contribution in [0.2, 0.25) is 0 Å². The zero-order valence-electron chi connectivity index (χ0n) is 18.6. The highest BCUT2D eigenvalue weighted by molar-refractivity contribution is 7.90. The summed E-state index contributed by atoms with van der Waals surface area (Å²) in [6, 6.07) is 7.36. The lowest BCUT2D eigenvalue weighted by Gasteiger charge is -2.20. The average molecular weight is 431 g/mol. The zero-order chi connectivity index (χ0) is 22.8. The normalized spacial score (nSPS) is 12.9. The van der Waals surface area contributed by atoms with Crippen LogP contribution in [0.1, 0.15) is 81.3 Å². The second kappa shape index (κ2) is 9.21. The van der Waals surface area contributed by atoms with Crippen molar-refractivity contribution in [3.8, 4) is 6.07 Å². The van der Waals surface area contributed by atoms with Crippen LogP contribution in [0.25, 0.3) is 0 Å². The van der Waals surface area contributed by atoms with Gasteiger partial charge in [-0.25, -0.2) is 0 Å². The van der Waals surface area contributed by atoms with E-state index < -0.39 is 22.9 Å². The van der Waals surface area contributed by atoms with E-state index in [2.05, 4.69) is 15.9 Å². The predicted molar refractivity (Wildman–Crippen MR) is 116 cm³/mol. The minimum atomic E-state index is -1.85. The van der Waals surface area contributed by atoms with Gasteiger partial charge in [0, 0.05) is 13.1 Å². The molecule has 1 aromatic carbocycles. The predicted octanol–water partition coefficient (Wildman–Crippen LogP) is 3.15. The summed E-state index contributed by atoms with van der Waals surface area (Å²) in [5.41, 5.74) is 2.68. The largest absolute Gasteiger partial charge is 0.586 e. The summed E-state index contributed by atoms with van der Waals surface area (Å²) < 4.78 is 16.6. The molecule has 0 aliphatic heterocycles. The van der Waals surface area contributed by atoms with Gasteiger partial charge in [0.2, 0.25) is 0 Å². The number of nitriles is 1. The van der Waals surface area contributed by atoms with Crippen LogP contribution in [0, 0.1) is 11.3 Å². The topological polar surface area (TPSA) is 114 Å². The maximum Gasteiger partial charge on any atom is 0.290 e. The van der Waals surface area contributed by atoms with E-state index in [9.17, 15) is 19.7 Å². The van der Waals surface area contributed by atoms with E-state index in [0.29, 0.717) is 11.3 Å². The third-order valence-electron chi connectivity index (χ3n) is 4.91. The second-order valence-electron chi connectivity index (χ2n) is 8.58. The molecule has 0 saturated carbocycles. The molecule has 7 nitrogen and oxygen atoms in total. The first-order valence-electron chi connectivity index (χ1n) is 9.90. The van der Waals surface area contributed by atoms with E-state index >= 15 is 0 Å². The van der Waals surface area contributed by atoms with Crippen molar-refractivity contribution in [2.75, 3.05) is 0 Å². The molecule has 0 spiro atoms. The van der Waals surface area contributed by atoms with Crippen molar-refractivity contribution in [3.05, 3.63) is 46.1 Å². The number of aryl methyl sites for hydroxylation is 1. The summed E-state index contributed by atoms with van der Waals surface area (Å²) in [5, 5.41) is 23.9. The lowest BCUT2D eigenvalue weighted by atomic mass is 9.85. The van der Waals surface area contributed by atoms with Crippen molar-refractivity contribution in [1.82, 2.24) is 14.5 Å². The Balaban J connectivity index is 2.29. The molecule has 0 saturated heterocycles. The second-order valence-corrected chi connectivity index (χ2v) is 9.74. The Morgan fingerprint density at radius 1 is 1.27 bits per heavy atom. The molecule has 0 aliphatic rings. The first-order valence-corrected chi connectivity index (χ1v) is 11.0. The van der Waals surface area contributed by atoms with Crippen molar-refractivity contribution >= 4 is 17.3 Å². The molecule has 0 fully saturated rings. The minimum absolute atomic E-state index is 0.0592. The molecule has 1 amide bonds. The highest BCUT2D eigenvalue weighted by Gasteiger charge is 2.28. The molecule has 1 unspecified atom stereocenters. The van der Waals surface area contributed by atoms with Gasteiger partial charge in [0.25, 0.3) is 10.9 Å². The average Bonchev–Trinajstić information content (AvgIpc) is 3.03. The molecule has 0 aliphatic carbocycles. The molecule has 8 heteroatoms. The van der Waals surface area contributed by atoms with Gasteiger partial charge in [-0.1, -0.05) is 27.7 Å². The van der Waals surface area contributed by atoms with Crippen LogP contribution in [0.4, 0.5) is 0 Å². The zero-order valence-corrected chi connectivity index (χ0v) is 19.4. The van der Waals surface area contributed by atoms with Gasteiger partial charge in [-0.3, -0.25) is 9.48 Å². The third-order valence-corrected chi connectivity index (χ3v) is 5.90. The van der Waals surface area contributed by atoms with Crippen LogP contribution in [-0.4, -0.2) is 25.3 Å². The van der Waals surface area contributed by atoms with E-state index in [-0.39, 0.29) is 23.3 Å². The molecule has 0 radical (unpaired) electrons. The summed E-state index contributed by atoms with van der Waals surface area (Å²) in [7, 11) is 1.65. The highest BCUT2D eigenvalue weighted by atomic mass is 32.2. The monoisotopic (exact) mass is 430 g/mol. The SMILES string of the molecule is CC(C)c1cc(C#N)cc(C(C)C)c1CC(=O)N[S+]([O-])c1cc(C(C)(C)O)n(C)n1. The molecule has 1 atom stereocenters. The summed E-state index contributed by atoms with van der Waals surface area (Å²) in [4.78, 5) is 12.7. The van der Waals surface area contributed by atoms with Crippen LogP contribution in [0.15, 0.2) is 23.2 Å². The fraction of sp³-hybridized carbons (Fsp3) is 0.500. The Morgan fingerprint density at radius 3 is 2.20 bits per heavy atom. The smallest absolute Gasteiger partial charge is 0.290 e. The van der Waals surface area contributed by atoms with Crippen LogP contribution in [0.5, 0.6) is 0 Å². The first-order chi connectivity index (χ1) is 13.8. The Hall–Kier alpha value is -2.34. The fourth-order valence-corrected chi connectivity index (χ4v) is 4.27. The van der Waals surface area contributed by atoms with Gasteiger partial charge >= 0.3 is 0 Å². The number of hydrogen-bond donors (Lipinski definition) is 2. The standard InChI is InChI=1S/C22H30N4O3S/c1-13(2)16-8-15(12-23)9-17(14(3)4)18(16)10-20(27)25-30(29)21-11-19(22(5,6)28)26(7)24-21/h8-9,11,13-14,28H,10H2,1-7H3,(H,25,27). The maximum atomic E-state index is 12.7. The molecular weight excluding hydrogens is 400 g/mol. The van der Waals surface area contributed by atoms with Crippen LogP contribution < -0.4 is 4.72 Å². The van der Waals surface area contributed by atoms with Crippen molar-refractivity contribution in [2.24, 2.45) is 7.05 Å². The fourth-order valence-electron chi connectivity index (χ4n) is 3.47.